The third-order valence-corrected chi connectivity index (χ3v) is 4.94. The van der Waals surface area contributed by atoms with E-state index >= 15 is 0 Å². The third kappa shape index (κ3) is 4.80. The molecule has 0 amide bonds. The highest BCUT2D eigenvalue weighted by atomic mass is 35.5. The predicted molar refractivity (Wildman–Crippen MR) is 88.3 cm³/mol. The summed E-state index contributed by atoms with van der Waals surface area (Å²) in [4.78, 5) is 3.92. The van der Waals surface area contributed by atoms with Crippen LogP contribution < -0.4 is 4.72 Å². The van der Waals surface area contributed by atoms with E-state index in [2.05, 4.69) is 9.71 Å². The van der Waals surface area contributed by atoms with E-state index in [0.717, 1.165) is 18.4 Å². The summed E-state index contributed by atoms with van der Waals surface area (Å²) in [5.41, 5.74) is 0.941. The van der Waals surface area contributed by atoms with Gasteiger partial charge < -0.3 is 0 Å². The van der Waals surface area contributed by atoms with Crippen molar-refractivity contribution in [2.24, 2.45) is 0 Å². The molecule has 118 valence electrons. The number of nitrogens with zero attached hydrogens (tertiary/aromatic N) is 1. The van der Waals surface area contributed by atoms with Crippen molar-refractivity contribution in [1.29, 1.82) is 0 Å². The summed E-state index contributed by atoms with van der Waals surface area (Å²) >= 11 is 5.71. The molecule has 0 spiro atoms. The number of rotatable bonds is 8. The molecule has 1 atom stereocenters. The molecule has 4 nitrogen and oxygen atoms in total. The molecular weight excluding hydrogens is 320 g/mol. The molecule has 22 heavy (non-hydrogen) atoms. The summed E-state index contributed by atoms with van der Waals surface area (Å²) in [7, 11) is -3.64. The Kier molecular flexibility index (Phi) is 6.36. The van der Waals surface area contributed by atoms with E-state index in [0.29, 0.717) is 12.3 Å². The minimum Gasteiger partial charge on any atom is -0.243 e. The highest BCUT2D eigenvalue weighted by molar-refractivity contribution is 7.89. The van der Waals surface area contributed by atoms with Crippen molar-refractivity contribution in [2.45, 2.75) is 30.3 Å². The number of alkyl halides is 1. The Hall–Kier alpha value is -1.43. The number of hydrogen-bond donors (Lipinski definition) is 1. The van der Waals surface area contributed by atoms with E-state index < -0.39 is 10.0 Å². The van der Waals surface area contributed by atoms with Crippen LogP contribution in [0.15, 0.2) is 59.8 Å². The van der Waals surface area contributed by atoms with Gasteiger partial charge in [0.2, 0.25) is 0 Å². The molecule has 2 aromatic rings. The standard InChI is InChI=1S/C16H19ClN2O2S/c17-12-6-4-10-15(14-8-2-1-3-9-14)19-22(20,21)16-11-5-7-13-18-16/h1-3,5,7-9,11,13,15,19H,4,6,10,12H2. The van der Waals surface area contributed by atoms with Crippen LogP contribution in [-0.2, 0) is 10.0 Å². The van der Waals surface area contributed by atoms with Gasteiger partial charge in [0.25, 0.3) is 10.0 Å². The van der Waals surface area contributed by atoms with Gasteiger partial charge in [-0.25, -0.2) is 18.1 Å². The monoisotopic (exact) mass is 338 g/mol. The van der Waals surface area contributed by atoms with Gasteiger partial charge in [-0.3, -0.25) is 0 Å². The molecule has 1 N–H and O–H groups in total. The van der Waals surface area contributed by atoms with Crippen LogP contribution in [0.5, 0.6) is 0 Å². The zero-order valence-electron chi connectivity index (χ0n) is 12.2. The van der Waals surface area contributed by atoms with Crippen LogP contribution in [0.25, 0.3) is 0 Å². The van der Waals surface area contributed by atoms with E-state index in [1.807, 2.05) is 30.3 Å². The molecule has 0 bridgehead atoms. The van der Waals surface area contributed by atoms with E-state index in [9.17, 15) is 8.42 Å². The molecule has 1 aromatic heterocycles. The first-order chi connectivity index (χ1) is 10.6. The maximum atomic E-state index is 12.4. The van der Waals surface area contributed by atoms with Crippen molar-refractivity contribution >= 4 is 21.6 Å². The first-order valence-corrected chi connectivity index (χ1v) is 9.19. The van der Waals surface area contributed by atoms with Gasteiger partial charge in [-0.05, 0) is 30.5 Å². The topological polar surface area (TPSA) is 59.1 Å². The maximum absolute atomic E-state index is 12.4. The largest absolute Gasteiger partial charge is 0.258 e. The fraction of sp³-hybridized carbons (Fsp3) is 0.312. The molecule has 0 radical (unpaired) electrons. The molecule has 0 aliphatic heterocycles. The smallest absolute Gasteiger partial charge is 0.243 e. The molecule has 0 saturated carbocycles. The Bertz CT molecular complexity index is 663. The van der Waals surface area contributed by atoms with Crippen molar-refractivity contribution < 1.29 is 8.42 Å². The number of hydrogen-bond acceptors (Lipinski definition) is 3. The van der Waals surface area contributed by atoms with Gasteiger partial charge in [0, 0.05) is 18.1 Å². The van der Waals surface area contributed by atoms with Crippen LogP contribution in [0.4, 0.5) is 0 Å². The molecule has 0 aliphatic carbocycles. The molecule has 1 aromatic carbocycles. The number of unbranched alkanes of at least 4 members (excludes halogenated alkanes) is 1. The third-order valence-electron chi connectivity index (χ3n) is 3.29. The van der Waals surface area contributed by atoms with E-state index in [4.69, 9.17) is 11.6 Å². The lowest BCUT2D eigenvalue weighted by Gasteiger charge is -2.19. The van der Waals surface area contributed by atoms with Crippen LogP contribution in [0.2, 0.25) is 0 Å². The van der Waals surface area contributed by atoms with Crippen molar-refractivity contribution in [2.75, 3.05) is 5.88 Å². The second-order valence-electron chi connectivity index (χ2n) is 4.94. The Morgan fingerprint density at radius 2 is 1.77 bits per heavy atom. The molecule has 0 fully saturated rings. The van der Waals surface area contributed by atoms with Crippen molar-refractivity contribution in [3.8, 4) is 0 Å². The Balaban J connectivity index is 2.19. The lowest BCUT2D eigenvalue weighted by molar-refractivity contribution is 0.523. The second kappa shape index (κ2) is 8.27. The van der Waals surface area contributed by atoms with Gasteiger partial charge in [-0.2, -0.15) is 0 Å². The first kappa shape index (κ1) is 16.9. The van der Waals surface area contributed by atoms with Crippen LogP contribution in [0, 0.1) is 0 Å². The number of aromatic nitrogens is 1. The van der Waals surface area contributed by atoms with E-state index in [1.165, 1.54) is 12.3 Å². The summed E-state index contributed by atoms with van der Waals surface area (Å²) < 4.78 is 27.6. The van der Waals surface area contributed by atoms with Crippen molar-refractivity contribution in [3.63, 3.8) is 0 Å². The summed E-state index contributed by atoms with van der Waals surface area (Å²) in [6.07, 6.45) is 3.88. The number of nitrogens with one attached hydrogen (secondary N) is 1. The number of sulfonamides is 1. The molecule has 0 aliphatic rings. The molecule has 6 heteroatoms. The lowest BCUT2D eigenvalue weighted by Crippen LogP contribution is -2.29. The van der Waals surface area contributed by atoms with Gasteiger partial charge in [0.1, 0.15) is 0 Å². The van der Waals surface area contributed by atoms with Crippen LogP contribution in [0.1, 0.15) is 30.9 Å². The fourth-order valence-electron chi connectivity index (χ4n) is 2.18. The van der Waals surface area contributed by atoms with Crippen molar-refractivity contribution in [1.82, 2.24) is 9.71 Å². The van der Waals surface area contributed by atoms with Crippen LogP contribution in [-0.4, -0.2) is 19.3 Å². The maximum Gasteiger partial charge on any atom is 0.258 e. The zero-order valence-corrected chi connectivity index (χ0v) is 13.7. The van der Waals surface area contributed by atoms with E-state index in [1.54, 1.807) is 12.1 Å². The van der Waals surface area contributed by atoms with Crippen LogP contribution in [0.3, 0.4) is 0 Å². The van der Waals surface area contributed by atoms with Gasteiger partial charge in [0.05, 0.1) is 0 Å². The number of halogens is 1. The average molecular weight is 339 g/mol. The van der Waals surface area contributed by atoms with Gasteiger partial charge in [-0.1, -0.05) is 42.8 Å². The summed E-state index contributed by atoms with van der Waals surface area (Å²) in [6, 6.07) is 14.1. The Labute approximate surface area is 136 Å². The van der Waals surface area contributed by atoms with Crippen LogP contribution >= 0.6 is 11.6 Å². The average Bonchev–Trinajstić information content (AvgIpc) is 2.56. The molecule has 1 unspecified atom stereocenters. The number of benzene rings is 1. The van der Waals surface area contributed by atoms with Gasteiger partial charge >= 0.3 is 0 Å². The quantitative estimate of drug-likeness (QED) is 0.592. The highest BCUT2D eigenvalue weighted by Gasteiger charge is 2.21. The van der Waals surface area contributed by atoms with Gasteiger partial charge in [0.15, 0.2) is 5.03 Å². The molecular formula is C16H19ClN2O2S. The summed E-state index contributed by atoms with van der Waals surface area (Å²) in [5.74, 6) is 0.578. The predicted octanol–water partition coefficient (Wildman–Crippen LogP) is 3.51. The lowest BCUT2D eigenvalue weighted by atomic mass is 10.0. The molecule has 1 heterocycles. The van der Waals surface area contributed by atoms with Crippen molar-refractivity contribution in [3.05, 3.63) is 60.3 Å². The zero-order chi connectivity index (χ0) is 15.8. The number of pyridine rings is 1. The Morgan fingerprint density at radius 3 is 2.41 bits per heavy atom. The minimum atomic E-state index is -3.64. The first-order valence-electron chi connectivity index (χ1n) is 7.18. The highest BCUT2D eigenvalue weighted by Crippen LogP contribution is 2.22. The minimum absolute atomic E-state index is 0.0354. The fourth-order valence-corrected chi connectivity index (χ4v) is 3.57. The summed E-state index contributed by atoms with van der Waals surface area (Å²) in [6.45, 7) is 0. The second-order valence-corrected chi connectivity index (χ2v) is 6.98. The normalized spacial score (nSPS) is 13.0. The molecule has 2 rings (SSSR count). The van der Waals surface area contributed by atoms with E-state index in [-0.39, 0.29) is 11.1 Å². The summed E-state index contributed by atoms with van der Waals surface area (Å²) in [5, 5.41) is 0.0354. The Morgan fingerprint density at radius 1 is 1.05 bits per heavy atom. The van der Waals surface area contributed by atoms with Gasteiger partial charge in [-0.15, -0.1) is 11.6 Å². The SMILES string of the molecule is O=S(=O)(NC(CCCCCl)c1ccccc1)c1ccccn1. The molecule has 0 saturated heterocycles.